The predicted octanol–water partition coefficient (Wildman–Crippen LogP) is 5.28. The van der Waals surface area contributed by atoms with E-state index >= 15 is 0 Å². The molecule has 0 saturated carbocycles. The van der Waals surface area contributed by atoms with E-state index in [0.717, 1.165) is 10.00 Å². The van der Waals surface area contributed by atoms with Gasteiger partial charge < -0.3 is 4.43 Å². The van der Waals surface area contributed by atoms with Crippen molar-refractivity contribution in [3.05, 3.63) is 9.47 Å². The van der Waals surface area contributed by atoms with Gasteiger partial charge in [-0.2, -0.15) is 0 Å². The van der Waals surface area contributed by atoms with Crippen LogP contribution in [-0.4, -0.2) is 14.9 Å². The Morgan fingerprint density at radius 2 is 1.80 bits per heavy atom. The Morgan fingerprint density at radius 3 is 2.13 bits per heavy atom. The van der Waals surface area contributed by atoms with Crippen molar-refractivity contribution in [2.45, 2.75) is 45.8 Å². The first kappa shape index (κ1) is 15.9. The van der Waals surface area contributed by atoms with Gasteiger partial charge in [-0.05, 0) is 55.9 Å². The summed E-state index contributed by atoms with van der Waals surface area (Å²) >= 11 is 6.74. The lowest BCUT2D eigenvalue weighted by Gasteiger charge is -2.36. The molecular weight excluding hydrogens is 336 g/mol. The molecular formula is C11H22Br2OSi. The van der Waals surface area contributed by atoms with Crippen molar-refractivity contribution in [3.63, 3.8) is 0 Å². The summed E-state index contributed by atoms with van der Waals surface area (Å²) < 4.78 is 7.11. The molecule has 0 saturated heterocycles. The molecule has 1 unspecified atom stereocenters. The first-order valence-electron chi connectivity index (χ1n) is 5.23. The van der Waals surface area contributed by atoms with Crippen LogP contribution in [0.3, 0.4) is 0 Å². The van der Waals surface area contributed by atoms with Crippen LogP contribution in [0.25, 0.3) is 0 Å². The lowest BCUT2D eigenvalue weighted by Crippen LogP contribution is -2.41. The van der Waals surface area contributed by atoms with Gasteiger partial charge in [-0.1, -0.05) is 33.8 Å². The minimum Gasteiger partial charge on any atom is -0.416 e. The van der Waals surface area contributed by atoms with E-state index in [1.807, 2.05) is 0 Å². The van der Waals surface area contributed by atoms with Crippen LogP contribution < -0.4 is 0 Å². The van der Waals surface area contributed by atoms with E-state index in [-0.39, 0.29) is 0 Å². The molecule has 4 heteroatoms. The fourth-order valence-electron chi connectivity index (χ4n) is 0.819. The molecule has 0 aromatic heterocycles. The minimum absolute atomic E-state index is 0.294. The molecule has 1 nitrogen and oxygen atoms in total. The SMILES string of the molecule is CC(C=C(Br)Br)CO[Si](C)(C)C(C)(C)C. The first-order valence-corrected chi connectivity index (χ1v) is 9.72. The van der Waals surface area contributed by atoms with E-state index < -0.39 is 8.32 Å². The van der Waals surface area contributed by atoms with Crippen molar-refractivity contribution in [2.24, 2.45) is 5.92 Å². The van der Waals surface area contributed by atoms with Gasteiger partial charge in [-0.25, -0.2) is 0 Å². The summed E-state index contributed by atoms with van der Waals surface area (Å²) in [7, 11) is -1.58. The Morgan fingerprint density at radius 1 is 1.33 bits per heavy atom. The molecule has 0 rings (SSSR count). The maximum atomic E-state index is 6.11. The van der Waals surface area contributed by atoms with Crippen molar-refractivity contribution < 1.29 is 4.43 Å². The summed E-state index contributed by atoms with van der Waals surface area (Å²) in [5.74, 6) is 0.438. The van der Waals surface area contributed by atoms with Gasteiger partial charge in [0.1, 0.15) is 0 Å². The molecule has 0 N–H and O–H groups in total. The quantitative estimate of drug-likeness (QED) is 0.622. The van der Waals surface area contributed by atoms with Crippen molar-refractivity contribution in [3.8, 4) is 0 Å². The highest BCUT2D eigenvalue weighted by molar-refractivity contribution is 9.28. The summed E-state index contributed by atoms with van der Waals surface area (Å²) in [6.45, 7) is 14.3. The van der Waals surface area contributed by atoms with Gasteiger partial charge >= 0.3 is 0 Å². The number of rotatable bonds is 4. The number of halogens is 2. The van der Waals surface area contributed by atoms with Crippen LogP contribution in [-0.2, 0) is 4.43 Å². The second-order valence-electron chi connectivity index (χ2n) is 5.50. The van der Waals surface area contributed by atoms with Gasteiger partial charge in [0.15, 0.2) is 8.32 Å². The summed E-state index contributed by atoms with van der Waals surface area (Å²) in [5, 5.41) is 0.294. The fourth-order valence-corrected chi connectivity index (χ4v) is 2.83. The van der Waals surface area contributed by atoms with Gasteiger partial charge in [0.05, 0.1) is 3.39 Å². The standard InChI is InChI=1S/C11H22Br2OSi/c1-9(7-10(12)13)8-14-15(5,6)11(2,3)4/h7,9H,8H2,1-6H3. The third-order valence-corrected chi connectivity index (χ3v) is 7.95. The molecule has 0 aromatic carbocycles. The Bertz CT molecular complexity index is 227. The molecule has 90 valence electrons. The van der Waals surface area contributed by atoms with Crippen LogP contribution in [0.5, 0.6) is 0 Å². The second kappa shape index (κ2) is 5.99. The first-order chi connectivity index (χ1) is 6.56. The summed E-state index contributed by atoms with van der Waals surface area (Å²) in [5.41, 5.74) is 0. The Hall–Kier alpha value is 0.877. The van der Waals surface area contributed by atoms with Gasteiger partial charge in [0, 0.05) is 6.61 Å². The summed E-state index contributed by atoms with van der Waals surface area (Å²) in [6, 6.07) is 0. The zero-order valence-corrected chi connectivity index (χ0v) is 14.7. The molecule has 0 aliphatic rings. The highest BCUT2D eigenvalue weighted by atomic mass is 79.9. The molecule has 0 spiro atoms. The number of hydrogen-bond donors (Lipinski definition) is 0. The van der Waals surface area contributed by atoms with Crippen molar-refractivity contribution in [1.29, 1.82) is 0 Å². The maximum Gasteiger partial charge on any atom is 0.192 e. The van der Waals surface area contributed by atoms with E-state index in [0.29, 0.717) is 11.0 Å². The highest BCUT2D eigenvalue weighted by Crippen LogP contribution is 2.36. The van der Waals surface area contributed by atoms with E-state index in [2.05, 4.69) is 78.7 Å². The molecule has 0 bridgehead atoms. The van der Waals surface area contributed by atoms with Crippen LogP contribution in [0.15, 0.2) is 9.47 Å². The third kappa shape index (κ3) is 6.24. The number of hydrogen-bond acceptors (Lipinski definition) is 1. The van der Waals surface area contributed by atoms with Crippen molar-refractivity contribution in [2.75, 3.05) is 6.61 Å². The smallest absolute Gasteiger partial charge is 0.192 e. The summed E-state index contributed by atoms with van der Waals surface area (Å²) in [6.07, 6.45) is 2.12. The average Bonchev–Trinajstić information content (AvgIpc) is 1.97. The molecule has 1 atom stereocenters. The molecule has 15 heavy (non-hydrogen) atoms. The van der Waals surface area contributed by atoms with E-state index in [1.54, 1.807) is 0 Å². The Kier molecular flexibility index (Phi) is 6.34. The maximum absolute atomic E-state index is 6.11. The van der Waals surface area contributed by atoms with E-state index in [4.69, 9.17) is 4.43 Å². The lowest BCUT2D eigenvalue weighted by atomic mass is 10.2. The lowest BCUT2D eigenvalue weighted by molar-refractivity contribution is 0.259. The molecule has 0 aliphatic carbocycles. The highest BCUT2D eigenvalue weighted by Gasteiger charge is 2.37. The summed E-state index contributed by atoms with van der Waals surface area (Å²) in [4.78, 5) is 0. The monoisotopic (exact) mass is 356 g/mol. The molecule has 0 amide bonds. The van der Waals surface area contributed by atoms with E-state index in [1.165, 1.54) is 0 Å². The predicted molar refractivity (Wildman–Crippen MR) is 78.3 cm³/mol. The molecule has 0 fully saturated rings. The van der Waals surface area contributed by atoms with Gasteiger partial charge in [-0.3, -0.25) is 0 Å². The third-order valence-electron chi connectivity index (χ3n) is 2.92. The Labute approximate surface area is 112 Å². The van der Waals surface area contributed by atoms with E-state index in [9.17, 15) is 0 Å². The van der Waals surface area contributed by atoms with Crippen LogP contribution in [0, 0.1) is 5.92 Å². The van der Waals surface area contributed by atoms with Crippen LogP contribution in [0.2, 0.25) is 18.1 Å². The van der Waals surface area contributed by atoms with Gasteiger partial charge in [0.25, 0.3) is 0 Å². The fraction of sp³-hybridized carbons (Fsp3) is 0.818. The van der Waals surface area contributed by atoms with Crippen molar-refractivity contribution in [1.82, 2.24) is 0 Å². The van der Waals surface area contributed by atoms with Crippen LogP contribution in [0.4, 0.5) is 0 Å². The average molecular weight is 358 g/mol. The second-order valence-corrected chi connectivity index (χ2v) is 13.1. The van der Waals surface area contributed by atoms with Crippen LogP contribution in [0.1, 0.15) is 27.7 Å². The minimum atomic E-state index is -1.58. The largest absolute Gasteiger partial charge is 0.416 e. The zero-order valence-electron chi connectivity index (χ0n) is 10.5. The topological polar surface area (TPSA) is 9.23 Å². The molecule has 0 aromatic rings. The molecule has 0 heterocycles. The zero-order chi connectivity index (χ0) is 12.3. The van der Waals surface area contributed by atoms with Gasteiger partial charge in [0.2, 0.25) is 0 Å². The van der Waals surface area contributed by atoms with Crippen LogP contribution >= 0.6 is 31.9 Å². The van der Waals surface area contributed by atoms with Gasteiger partial charge in [-0.15, -0.1) is 0 Å². The molecule has 0 aliphatic heterocycles. The Balaban J connectivity index is 4.22. The normalized spacial score (nSPS) is 14.9. The van der Waals surface area contributed by atoms with Crippen molar-refractivity contribution >= 4 is 40.2 Å². The molecule has 0 radical (unpaired) electrons.